The molecule has 49 heavy (non-hydrogen) atoms. The van der Waals surface area contributed by atoms with Gasteiger partial charge in [-0.15, -0.1) is 0 Å². The second-order valence-corrected chi connectivity index (χ2v) is 13.1. The Morgan fingerprint density at radius 1 is 0.959 bits per heavy atom. The van der Waals surface area contributed by atoms with E-state index in [4.69, 9.17) is 16.3 Å². The van der Waals surface area contributed by atoms with Crippen LogP contribution in [0.1, 0.15) is 46.0 Å². The van der Waals surface area contributed by atoms with Gasteiger partial charge in [0.2, 0.25) is 11.8 Å². The van der Waals surface area contributed by atoms with Crippen LogP contribution in [0.25, 0.3) is 22.0 Å². The summed E-state index contributed by atoms with van der Waals surface area (Å²) in [6.07, 6.45) is 1.86. The number of halogens is 3. The molecule has 0 spiro atoms. The molecule has 5 aromatic rings. The minimum atomic E-state index is -1.39. The van der Waals surface area contributed by atoms with Crippen molar-refractivity contribution in [2.24, 2.45) is 0 Å². The molecule has 1 N–H and O–H groups in total. The lowest BCUT2D eigenvalue weighted by molar-refractivity contribution is -0.139. The maximum absolute atomic E-state index is 14.7. The van der Waals surface area contributed by atoms with Crippen molar-refractivity contribution in [1.82, 2.24) is 14.8 Å². The summed E-state index contributed by atoms with van der Waals surface area (Å²) in [7, 11) is 0. The van der Waals surface area contributed by atoms with Crippen LogP contribution in [0.3, 0.4) is 0 Å². The highest BCUT2D eigenvalue weighted by atomic mass is 35.5. The highest BCUT2D eigenvalue weighted by Gasteiger charge is 2.40. The number of ether oxygens (including phenoxy) is 1. The van der Waals surface area contributed by atoms with Gasteiger partial charge in [0.05, 0.1) is 17.1 Å². The van der Waals surface area contributed by atoms with E-state index in [9.17, 15) is 23.2 Å². The van der Waals surface area contributed by atoms with E-state index < -0.39 is 29.8 Å². The Morgan fingerprint density at radius 2 is 1.76 bits per heavy atom. The van der Waals surface area contributed by atoms with E-state index in [2.05, 4.69) is 47.8 Å². The normalized spacial score (nSPS) is 16.7. The van der Waals surface area contributed by atoms with E-state index >= 15 is 0 Å². The van der Waals surface area contributed by atoms with Gasteiger partial charge < -0.3 is 19.5 Å². The summed E-state index contributed by atoms with van der Waals surface area (Å²) in [5, 5.41) is 3.20. The lowest BCUT2D eigenvalue weighted by Crippen LogP contribution is -2.46. The van der Waals surface area contributed by atoms with E-state index in [-0.39, 0.29) is 42.4 Å². The third-order valence-corrected chi connectivity index (χ3v) is 9.76. The molecule has 4 aliphatic carbocycles. The zero-order chi connectivity index (χ0) is 34.2. The number of benzene rings is 4. The summed E-state index contributed by atoms with van der Waals surface area (Å²) >= 11 is 5.86. The van der Waals surface area contributed by atoms with Crippen molar-refractivity contribution in [3.8, 4) is 16.9 Å². The fourth-order valence-electron chi connectivity index (χ4n) is 6.79. The number of likely N-dealkylation sites (tertiary alicyclic amines) is 1. The van der Waals surface area contributed by atoms with Crippen molar-refractivity contribution in [1.29, 1.82) is 0 Å². The zero-order valence-corrected chi connectivity index (χ0v) is 27.6. The number of alkyl halides is 1. The quantitative estimate of drug-likeness (QED) is 0.167. The molecule has 0 saturated carbocycles. The Labute approximate surface area is 287 Å². The molecular formula is C39H34ClF2N3O4. The summed E-state index contributed by atoms with van der Waals surface area (Å²) < 4.78 is 37.0. The van der Waals surface area contributed by atoms with Crippen LogP contribution in [0.15, 0.2) is 85.1 Å². The highest BCUT2D eigenvalue weighted by Crippen LogP contribution is 2.31. The molecule has 0 radical (unpaired) electrons. The Balaban J connectivity index is 1.10. The fourth-order valence-corrected chi connectivity index (χ4v) is 6.99. The minimum absolute atomic E-state index is 0.0734. The third-order valence-electron chi connectivity index (χ3n) is 9.47. The molecule has 0 unspecified atom stereocenters. The first-order valence-corrected chi connectivity index (χ1v) is 16.6. The Bertz CT molecular complexity index is 2090. The zero-order valence-electron chi connectivity index (χ0n) is 26.8. The van der Waals surface area contributed by atoms with Crippen molar-refractivity contribution in [2.75, 3.05) is 6.54 Å². The first kappa shape index (κ1) is 32.5. The molecule has 1 saturated heterocycles. The van der Waals surface area contributed by atoms with Crippen LogP contribution in [-0.2, 0) is 42.1 Å². The van der Waals surface area contributed by atoms with E-state index in [0.29, 0.717) is 28.8 Å². The van der Waals surface area contributed by atoms with Crippen LogP contribution in [0.2, 0.25) is 5.02 Å². The number of carbonyl (C=O) groups is 3. The number of hydrogen-bond acceptors (Lipinski definition) is 4. The van der Waals surface area contributed by atoms with Gasteiger partial charge in [0.1, 0.15) is 36.9 Å². The number of ketones is 1. The van der Waals surface area contributed by atoms with Gasteiger partial charge in [-0.2, -0.15) is 0 Å². The van der Waals surface area contributed by atoms with Gasteiger partial charge in [-0.05, 0) is 71.8 Å². The van der Waals surface area contributed by atoms with E-state index in [0.717, 1.165) is 29.5 Å². The Hall–Kier alpha value is -5.02. The predicted molar refractivity (Wildman–Crippen MR) is 184 cm³/mol. The minimum Gasteiger partial charge on any atom is -0.489 e. The number of fused-ring (bicyclic) bond motifs is 1. The van der Waals surface area contributed by atoms with Gasteiger partial charge in [0, 0.05) is 41.7 Å². The number of rotatable bonds is 9. The van der Waals surface area contributed by atoms with Crippen LogP contribution < -0.4 is 10.1 Å². The molecule has 1 aliphatic heterocycles. The van der Waals surface area contributed by atoms with E-state index in [1.807, 2.05) is 6.07 Å². The van der Waals surface area contributed by atoms with Gasteiger partial charge in [0.15, 0.2) is 5.78 Å². The first-order chi connectivity index (χ1) is 23.6. The van der Waals surface area contributed by atoms with E-state index in [1.54, 1.807) is 29.0 Å². The highest BCUT2D eigenvalue weighted by molar-refractivity contribution is 6.30. The summed E-state index contributed by atoms with van der Waals surface area (Å²) in [6.45, 7) is 1.16. The number of nitrogens with one attached hydrogen (secondary N) is 1. The Kier molecular flexibility index (Phi) is 8.94. The van der Waals surface area contributed by atoms with Gasteiger partial charge in [-0.25, -0.2) is 8.78 Å². The summed E-state index contributed by atoms with van der Waals surface area (Å²) in [6, 6.07) is 23.9. The number of hydrogen-bond donors (Lipinski definition) is 1. The number of aromatic nitrogens is 1. The SMILES string of the molecule is CC(=O)c1cn(CC(=O)N2C[C@H](F)C[C@H]2C(=O)NCc2cccc(Cl)c2F)c2cc(OCc3cc4ccc3CCc3ccc-4cc3)ccc12. The average molecular weight is 682 g/mol. The molecule has 2 atom stereocenters. The van der Waals surface area contributed by atoms with Gasteiger partial charge in [-0.1, -0.05) is 60.1 Å². The number of nitrogens with zero attached hydrogens (tertiary/aromatic N) is 2. The summed E-state index contributed by atoms with van der Waals surface area (Å²) in [4.78, 5) is 40.6. The predicted octanol–water partition coefficient (Wildman–Crippen LogP) is 7.24. The van der Waals surface area contributed by atoms with Crippen LogP contribution in [0.5, 0.6) is 5.75 Å². The molecule has 7 nitrogen and oxygen atoms in total. The van der Waals surface area contributed by atoms with Crippen LogP contribution >= 0.6 is 11.6 Å². The molecule has 4 aromatic carbocycles. The van der Waals surface area contributed by atoms with Crippen molar-refractivity contribution >= 4 is 40.1 Å². The van der Waals surface area contributed by atoms with Crippen molar-refractivity contribution in [3.63, 3.8) is 0 Å². The molecule has 250 valence electrons. The largest absolute Gasteiger partial charge is 0.489 e. The van der Waals surface area contributed by atoms with Crippen molar-refractivity contribution in [2.45, 2.75) is 58.1 Å². The summed E-state index contributed by atoms with van der Waals surface area (Å²) in [5.74, 6) is -1.32. The molecular weight excluding hydrogens is 648 g/mol. The lowest BCUT2D eigenvalue weighted by atomic mass is 9.92. The second kappa shape index (κ2) is 13.5. The number of aryl methyl sites for hydroxylation is 2. The van der Waals surface area contributed by atoms with Gasteiger partial charge >= 0.3 is 0 Å². The maximum atomic E-state index is 14.7. The average Bonchev–Trinajstić information content (AvgIpc) is 3.68. The van der Waals surface area contributed by atoms with Crippen molar-refractivity contribution in [3.05, 3.63) is 124 Å². The first-order valence-electron chi connectivity index (χ1n) is 16.3. The molecule has 4 bridgehead atoms. The van der Waals surface area contributed by atoms with Gasteiger partial charge in [-0.3, -0.25) is 14.4 Å². The van der Waals surface area contributed by atoms with Crippen LogP contribution in [-0.4, -0.2) is 45.8 Å². The van der Waals surface area contributed by atoms with E-state index in [1.165, 1.54) is 35.1 Å². The molecule has 10 rings (SSSR count). The Morgan fingerprint density at radius 3 is 2.55 bits per heavy atom. The van der Waals surface area contributed by atoms with Crippen LogP contribution in [0.4, 0.5) is 8.78 Å². The number of Topliss-reactive ketones (excluding diaryl/α,β-unsaturated/α-hetero) is 1. The third kappa shape index (κ3) is 6.68. The molecule has 2 amide bonds. The second-order valence-electron chi connectivity index (χ2n) is 12.7. The molecule has 5 aliphatic rings. The monoisotopic (exact) mass is 681 g/mol. The summed E-state index contributed by atoms with van der Waals surface area (Å²) in [5.41, 5.74) is 7.08. The van der Waals surface area contributed by atoms with Gasteiger partial charge in [0.25, 0.3) is 0 Å². The standard InChI is InChI=1S/C39H34ClF2N3O4/c1-23(46)33-20-44(21-37(47)45-19-30(41)16-36(45)39(48)43-18-28-3-2-4-34(40)38(28)42)35-17-31(13-14-32(33)35)49-22-29-15-27-12-11-26(29)10-7-24-5-8-25(27)9-6-24/h2-6,8-9,11-15,17,20,30,36H,7,10,16,18-19,21-22H2,1H3,(H,43,48)/t30-,36+/m1/s1. The molecule has 10 heteroatoms. The number of carbonyl (C=O) groups excluding carboxylic acids is 3. The number of amides is 2. The topological polar surface area (TPSA) is 80.6 Å². The molecule has 2 heterocycles. The fraction of sp³-hybridized carbons (Fsp3) is 0.256. The lowest BCUT2D eigenvalue weighted by Gasteiger charge is -2.24. The van der Waals surface area contributed by atoms with Crippen molar-refractivity contribution < 1.29 is 27.9 Å². The molecule has 1 fully saturated rings. The molecule has 1 aromatic heterocycles. The smallest absolute Gasteiger partial charge is 0.243 e. The maximum Gasteiger partial charge on any atom is 0.243 e. The van der Waals surface area contributed by atoms with Crippen LogP contribution in [0, 0.1) is 5.82 Å².